The largest absolute Gasteiger partial charge is 0.462 e. The van der Waals surface area contributed by atoms with Crippen LogP contribution in [0, 0.1) is 0 Å². The van der Waals surface area contributed by atoms with Gasteiger partial charge in [-0.15, -0.1) is 0 Å². The number of nitrogen functional groups attached to an aromatic ring is 1. The lowest BCUT2D eigenvalue weighted by Crippen LogP contribution is -2.23. The number of hydrogen-bond acceptors (Lipinski definition) is 7. The fraction of sp³-hybridized carbons (Fsp3) is 0.636. The first-order chi connectivity index (χ1) is 8.67. The monoisotopic (exact) mass is 271 g/mol. The molecule has 0 radical (unpaired) electrons. The Morgan fingerprint density at radius 2 is 2.44 bits per heavy atom. The zero-order chi connectivity index (χ0) is 13.1. The second-order valence-corrected chi connectivity index (χ2v) is 4.81. The van der Waals surface area contributed by atoms with Gasteiger partial charge in [0.2, 0.25) is 0 Å². The molecule has 1 fully saturated rings. The molecule has 0 saturated carbocycles. The number of hydrogen-bond donors (Lipinski definition) is 1. The van der Waals surface area contributed by atoms with Gasteiger partial charge in [-0.05, 0) is 24.9 Å². The van der Waals surface area contributed by atoms with Crippen LogP contribution in [0.5, 0.6) is 0 Å². The second-order valence-electron chi connectivity index (χ2n) is 4.06. The molecule has 1 saturated heterocycles. The molecule has 1 aromatic rings. The average molecular weight is 271 g/mol. The molecule has 0 aliphatic carbocycles. The van der Waals surface area contributed by atoms with E-state index in [0.29, 0.717) is 12.2 Å². The number of methoxy groups -OCH3 is 1. The smallest absolute Gasteiger partial charge is 0.345 e. The van der Waals surface area contributed by atoms with Gasteiger partial charge >= 0.3 is 5.97 Å². The van der Waals surface area contributed by atoms with Gasteiger partial charge in [0, 0.05) is 20.2 Å². The SMILES string of the molecule is CCOC(=O)c1c(N)nsc1N1CCC(OC)C1. The van der Waals surface area contributed by atoms with Crippen molar-refractivity contribution in [1.82, 2.24) is 4.37 Å². The van der Waals surface area contributed by atoms with Crippen LogP contribution in [0.1, 0.15) is 23.7 Å². The molecule has 0 spiro atoms. The maximum absolute atomic E-state index is 11.9. The van der Waals surface area contributed by atoms with Crippen molar-refractivity contribution in [3.63, 3.8) is 0 Å². The maximum atomic E-state index is 11.9. The van der Waals surface area contributed by atoms with Gasteiger partial charge in [0.05, 0.1) is 12.7 Å². The van der Waals surface area contributed by atoms with Crippen LogP contribution in [-0.2, 0) is 9.47 Å². The van der Waals surface area contributed by atoms with Gasteiger partial charge in [-0.3, -0.25) is 0 Å². The van der Waals surface area contributed by atoms with E-state index in [1.165, 1.54) is 11.5 Å². The molecule has 1 aliphatic heterocycles. The molecule has 0 aromatic carbocycles. The highest BCUT2D eigenvalue weighted by Crippen LogP contribution is 2.33. The summed E-state index contributed by atoms with van der Waals surface area (Å²) in [7, 11) is 1.70. The second kappa shape index (κ2) is 5.53. The predicted molar refractivity (Wildman–Crippen MR) is 70.1 cm³/mol. The molecule has 100 valence electrons. The summed E-state index contributed by atoms with van der Waals surface area (Å²) >= 11 is 1.23. The third-order valence-electron chi connectivity index (χ3n) is 2.95. The van der Waals surface area contributed by atoms with Crippen LogP contribution in [0.25, 0.3) is 0 Å². The molecule has 1 atom stereocenters. The maximum Gasteiger partial charge on any atom is 0.345 e. The first kappa shape index (κ1) is 13.1. The summed E-state index contributed by atoms with van der Waals surface area (Å²) in [5, 5.41) is 0.783. The van der Waals surface area contributed by atoms with Gasteiger partial charge in [-0.2, -0.15) is 4.37 Å². The highest BCUT2D eigenvalue weighted by molar-refractivity contribution is 7.11. The van der Waals surface area contributed by atoms with Crippen LogP contribution in [0.3, 0.4) is 0 Å². The van der Waals surface area contributed by atoms with Crippen molar-refractivity contribution in [2.24, 2.45) is 0 Å². The lowest BCUT2D eigenvalue weighted by Gasteiger charge is -2.17. The fourth-order valence-electron chi connectivity index (χ4n) is 2.01. The molecule has 7 heteroatoms. The standard InChI is InChI=1S/C11H17N3O3S/c1-3-17-11(15)8-9(12)13-18-10(8)14-5-4-7(6-14)16-2/h7H,3-6H2,1-2H3,(H2,12,13). The van der Waals surface area contributed by atoms with Gasteiger partial charge in [-0.1, -0.05) is 0 Å². The van der Waals surface area contributed by atoms with E-state index in [9.17, 15) is 4.79 Å². The summed E-state index contributed by atoms with van der Waals surface area (Å²) in [5.74, 6) is -0.158. The number of nitrogens with two attached hydrogens (primary N) is 1. The Bertz CT molecular complexity index is 435. The van der Waals surface area contributed by atoms with Crippen molar-refractivity contribution < 1.29 is 14.3 Å². The van der Waals surface area contributed by atoms with E-state index in [1.54, 1.807) is 14.0 Å². The summed E-state index contributed by atoms with van der Waals surface area (Å²) in [6, 6.07) is 0. The fourth-order valence-corrected chi connectivity index (χ4v) is 2.85. The topological polar surface area (TPSA) is 77.7 Å². The summed E-state index contributed by atoms with van der Waals surface area (Å²) in [6.45, 7) is 3.69. The number of esters is 1. The molecule has 6 nitrogen and oxygen atoms in total. The summed E-state index contributed by atoms with van der Waals surface area (Å²) in [4.78, 5) is 13.9. The third-order valence-corrected chi connectivity index (χ3v) is 3.87. The summed E-state index contributed by atoms with van der Waals surface area (Å²) in [6.07, 6.45) is 1.14. The van der Waals surface area contributed by atoms with Gasteiger partial charge in [0.25, 0.3) is 0 Å². The van der Waals surface area contributed by atoms with Gasteiger partial charge < -0.3 is 20.1 Å². The Morgan fingerprint density at radius 3 is 3.06 bits per heavy atom. The van der Waals surface area contributed by atoms with Crippen LogP contribution in [0.15, 0.2) is 0 Å². The first-order valence-electron chi connectivity index (χ1n) is 5.87. The van der Waals surface area contributed by atoms with Gasteiger partial charge in [-0.25, -0.2) is 4.79 Å². The van der Waals surface area contributed by atoms with Crippen molar-refractivity contribution in [1.29, 1.82) is 0 Å². The number of anilines is 2. The Morgan fingerprint density at radius 1 is 1.67 bits per heavy atom. The van der Waals surface area contributed by atoms with E-state index >= 15 is 0 Å². The van der Waals surface area contributed by atoms with Crippen molar-refractivity contribution >= 4 is 28.3 Å². The number of aromatic nitrogens is 1. The Labute approximate surface area is 110 Å². The molecular formula is C11H17N3O3S. The molecule has 1 aliphatic rings. The van der Waals surface area contributed by atoms with Crippen molar-refractivity contribution in [3.8, 4) is 0 Å². The van der Waals surface area contributed by atoms with Crippen LogP contribution in [0.2, 0.25) is 0 Å². The molecule has 18 heavy (non-hydrogen) atoms. The Balaban J connectivity index is 2.21. The quantitative estimate of drug-likeness (QED) is 0.827. The van der Waals surface area contributed by atoms with E-state index in [2.05, 4.69) is 9.27 Å². The Hall–Kier alpha value is -1.34. The predicted octanol–water partition coefficient (Wildman–Crippen LogP) is 1.13. The minimum absolute atomic E-state index is 0.198. The number of ether oxygens (including phenoxy) is 2. The van der Waals surface area contributed by atoms with E-state index in [-0.39, 0.29) is 11.9 Å². The summed E-state index contributed by atoms with van der Waals surface area (Å²) < 4.78 is 14.4. The lowest BCUT2D eigenvalue weighted by molar-refractivity contribution is 0.0528. The third kappa shape index (κ3) is 2.41. The number of carbonyl (C=O) groups excluding carboxylic acids is 1. The number of carbonyl (C=O) groups is 1. The minimum atomic E-state index is -0.403. The van der Waals surface area contributed by atoms with Gasteiger partial charge in [0.15, 0.2) is 5.82 Å². The van der Waals surface area contributed by atoms with Crippen LogP contribution < -0.4 is 10.6 Å². The average Bonchev–Trinajstić information content (AvgIpc) is 2.95. The molecule has 0 bridgehead atoms. The van der Waals surface area contributed by atoms with Crippen molar-refractivity contribution in [2.45, 2.75) is 19.4 Å². The van der Waals surface area contributed by atoms with E-state index < -0.39 is 5.97 Å². The molecule has 1 aromatic heterocycles. The van der Waals surface area contributed by atoms with E-state index in [1.807, 2.05) is 0 Å². The normalized spacial score (nSPS) is 19.2. The van der Waals surface area contributed by atoms with Crippen LogP contribution in [0.4, 0.5) is 10.8 Å². The molecule has 2 heterocycles. The highest BCUT2D eigenvalue weighted by atomic mass is 32.1. The molecule has 1 unspecified atom stereocenters. The number of nitrogens with zero attached hydrogens (tertiary/aromatic N) is 2. The molecule has 2 N–H and O–H groups in total. The van der Waals surface area contributed by atoms with E-state index in [0.717, 1.165) is 24.5 Å². The zero-order valence-corrected chi connectivity index (χ0v) is 11.3. The summed E-state index contributed by atoms with van der Waals surface area (Å²) in [5.41, 5.74) is 6.14. The Kier molecular flexibility index (Phi) is 4.03. The number of rotatable bonds is 4. The zero-order valence-electron chi connectivity index (χ0n) is 10.5. The minimum Gasteiger partial charge on any atom is -0.462 e. The van der Waals surface area contributed by atoms with Crippen LogP contribution >= 0.6 is 11.5 Å². The van der Waals surface area contributed by atoms with Crippen LogP contribution in [-0.4, -0.2) is 43.3 Å². The van der Waals surface area contributed by atoms with E-state index in [4.69, 9.17) is 15.2 Å². The van der Waals surface area contributed by atoms with Gasteiger partial charge in [0.1, 0.15) is 10.6 Å². The van der Waals surface area contributed by atoms with Crippen molar-refractivity contribution in [3.05, 3.63) is 5.56 Å². The molecule has 2 rings (SSSR count). The highest BCUT2D eigenvalue weighted by Gasteiger charge is 2.29. The molecular weight excluding hydrogens is 254 g/mol. The lowest BCUT2D eigenvalue weighted by atomic mass is 10.3. The molecule has 0 amide bonds. The van der Waals surface area contributed by atoms with Crippen molar-refractivity contribution in [2.75, 3.05) is 37.4 Å². The first-order valence-corrected chi connectivity index (χ1v) is 6.64.